The van der Waals surface area contributed by atoms with Crippen molar-refractivity contribution >= 4 is 24.3 Å². The van der Waals surface area contributed by atoms with Gasteiger partial charge in [0.15, 0.2) is 0 Å². The van der Waals surface area contributed by atoms with Gasteiger partial charge < -0.3 is 10.1 Å². The molecule has 0 aromatic rings. The van der Waals surface area contributed by atoms with E-state index in [1.807, 2.05) is 20.8 Å². The van der Waals surface area contributed by atoms with Crippen LogP contribution in [0, 0.1) is 46.3 Å². The molecule has 8 atom stereocenters. The number of rotatable bonds is 13. The van der Waals surface area contributed by atoms with E-state index in [0.717, 1.165) is 48.9 Å². The average molecular weight is 602 g/mol. The van der Waals surface area contributed by atoms with E-state index in [4.69, 9.17) is 17.4 Å². The number of ketones is 1. The van der Waals surface area contributed by atoms with Gasteiger partial charge in [-0.1, -0.05) is 58.6 Å². The van der Waals surface area contributed by atoms with Gasteiger partial charge in [-0.15, -0.1) is 0 Å². The Morgan fingerprint density at radius 2 is 1.81 bits per heavy atom. The molecule has 0 aliphatic heterocycles. The summed E-state index contributed by atoms with van der Waals surface area (Å²) in [6, 6.07) is 0. The Labute approximate surface area is 263 Å². The molecule has 4 nitrogen and oxygen atoms in total. The Hall–Kier alpha value is -0.810. The number of hydrogen-bond donors (Lipinski definition) is 2. The van der Waals surface area contributed by atoms with Crippen LogP contribution in [-0.4, -0.2) is 28.8 Å². The van der Waals surface area contributed by atoms with E-state index in [1.165, 1.54) is 57.8 Å². The van der Waals surface area contributed by atoms with Crippen LogP contribution in [0.1, 0.15) is 145 Å². The van der Waals surface area contributed by atoms with Crippen LogP contribution >= 0.6 is 12.6 Å². The summed E-state index contributed by atoms with van der Waals surface area (Å²) in [5.41, 5.74) is 1.87. The topological polar surface area (TPSA) is 55.4 Å². The van der Waals surface area contributed by atoms with Crippen LogP contribution in [0.15, 0.2) is 11.6 Å². The first-order valence-electron chi connectivity index (χ1n) is 17.4. The van der Waals surface area contributed by atoms with Crippen molar-refractivity contribution in [1.82, 2.24) is 5.32 Å². The van der Waals surface area contributed by atoms with Crippen LogP contribution in [0.4, 0.5) is 0 Å². The van der Waals surface area contributed by atoms with Crippen LogP contribution in [0.5, 0.6) is 0 Å². The predicted molar refractivity (Wildman–Crippen MR) is 177 cm³/mol. The number of ether oxygens (including phenoxy) is 1. The molecule has 4 rings (SSSR count). The second kappa shape index (κ2) is 13.3. The van der Waals surface area contributed by atoms with Gasteiger partial charge in [0, 0.05) is 18.8 Å². The molecule has 5 heteroatoms. The third kappa shape index (κ3) is 7.69. The molecule has 0 heterocycles. The normalized spacial score (nSPS) is 36.0. The van der Waals surface area contributed by atoms with Gasteiger partial charge in [0.25, 0.3) is 0 Å². The number of unbranched alkanes of at least 4 members (excludes halogenated alkanes) is 1. The number of thiol groups is 1. The highest BCUT2D eigenvalue weighted by molar-refractivity contribution is 7.81. The number of carbonyl (C=O) groups excluding carboxylic acids is 2. The fourth-order valence-corrected chi connectivity index (χ4v) is 10.2. The van der Waals surface area contributed by atoms with Gasteiger partial charge in [0.2, 0.25) is 5.91 Å². The lowest BCUT2D eigenvalue weighted by Gasteiger charge is -2.58. The third-order valence-electron chi connectivity index (χ3n) is 12.4. The van der Waals surface area contributed by atoms with Crippen LogP contribution in [0.2, 0.25) is 0 Å². The number of hydrogen-bond acceptors (Lipinski definition) is 4. The van der Waals surface area contributed by atoms with Crippen molar-refractivity contribution < 1.29 is 14.3 Å². The Morgan fingerprint density at radius 3 is 2.50 bits per heavy atom. The number of allylic oxidation sites excluding steroid dienone is 2. The minimum Gasteiger partial charge on any atom is -0.375 e. The lowest BCUT2D eigenvalue weighted by atomic mass is 9.47. The van der Waals surface area contributed by atoms with Crippen LogP contribution in [0.3, 0.4) is 0 Å². The maximum atomic E-state index is 13.5. The van der Waals surface area contributed by atoms with Crippen molar-refractivity contribution in [2.45, 2.75) is 156 Å². The minimum atomic E-state index is -0.641. The zero-order valence-corrected chi connectivity index (χ0v) is 29.2. The molecule has 8 unspecified atom stereocenters. The highest BCUT2D eigenvalue weighted by atomic mass is 32.1. The number of carbonyl (C=O) groups is 2. The van der Waals surface area contributed by atoms with Crippen molar-refractivity contribution in [3.05, 3.63) is 11.6 Å². The minimum absolute atomic E-state index is 0.0259. The monoisotopic (exact) mass is 601 g/mol. The summed E-state index contributed by atoms with van der Waals surface area (Å²) in [5, 5.41) is 3.24. The lowest BCUT2D eigenvalue weighted by molar-refractivity contribution is -0.127. The summed E-state index contributed by atoms with van der Waals surface area (Å²) in [7, 11) is 0. The summed E-state index contributed by atoms with van der Waals surface area (Å²) in [6.07, 6.45) is 19.1. The molecule has 240 valence electrons. The molecular formula is C37H63NO3S. The van der Waals surface area contributed by atoms with Crippen molar-refractivity contribution in [2.24, 2.45) is 46.3 Å². The van der Waals surface area contributed by atoms with Gasteiger partial charge in [-0.2, -0.15) is 12.6 Å². The molecule has 0 aromatic heterocycles. The van der Waals surface area contributed by atoms with E-state index in [2.05, 4.69) is 39.1 Å². The van der Waals surface area contributed by atoms with E-state index in [-0.39, 0.29) is 23.0 Å². The van der Waals surface area contributed by atoms with Gasteiger partial charge in [-0.3, -0.25) is 9.59 Å². The van der Waals surface area contributed by atoms with E-state index in [0.29, 0.717) is 24.9 Å². The molecule has 0 bridgehead atoms. The average Bonchev–Trinajstić information content (AvgIpc) is 3.20. The van der Waals surface area contributed by atoms with Gasteiger partial charge in [-0.25, -0.2) is 0 Å². The second-order valence-electron chi connectivity index (χ2n) is 16.7. The summed E-state index contributed by atoms with van der Waals surface area (Å²) < 4.78 is 5.98. The van der Waals surface area contributed by atoms with Gasteiger partial charge in [-0.05, 0) is 126 Å². The fourth-order valence-electron chi connectivity index (χ4n) is 10.0. The van der Waals surface area contributed by atoms with E-state index < -0.39 is 10.5 Å². The summed E-state index contributed by atoms with van der Waals surface area (Å²) in [4.78, 5) is 24.4. The molecular weight excluding hydrogens is 538 g/mol. The molecule has 4 aliphatic carbocycles. The van der Waals surface area contributed by atoms with Gasteiger partial charge in [0.05, 0.1) is 17.1 Å². The maximum Gasteiger partial charge on any atom is 0.224 e. The molecule has 1 N–H and O–H groups in total. The van der Waals surface area contributed by atoms with Crippen molar-refractivity contribution in [3.8, 4) is 0 Å². The SMILES string of the molecule is CC(=O)CC(C)(C)OCCC(C)(S)NC(=O)C1CCC2(C)C(=CCC3C2CCC2(C)C(CCCCC(C)C)CCC32)C1. The van der Waals surface area contributed by atoms with Gasteiger partial charge in [0.1, 0.15) is 5.78 Å². The molecule has 42 heavy (non-hydrogen) atoms. The van der Waals surface area contributed by atoms with Crippen LogP contribution in [0.25, 0.3) is 0 Å². The maximum absolute atomic E-state index is 13.5. The first-order chi connectivity index (χ1) is 19.6. The highest BCUT2D eigenvalue weighted by Gasteiger charge is 2.58. The number of fused-ring (bicyclic) bond motifs is 5. The molecule has 0 saturated heterocycles. The summed E-state index contributed by atoms with van der Waals surface area (Å²) >= 11 is 4.81. The Balaban J connectivity index is 1.33. The fraction of sp³-hybridized carbons (Fsp3) is 0.892. The van der Waals surface area contributed by atoms with E-state index in [1.54, 1.807) is 12.5 Å². The van der Waals surface area contributed by atoms with E-state index in [9.17, 15) is 9.59 Å². The number of amides is 1. The molecule has 4 aliphatic rings. The first-order valence-corrected chi connectivity index (χ1v) is 17.9. The summed E-state index contributed by atoms with van der Waals surface area (Å²) in [5.74, 6) is 4.53. The lowest BCUT2D eigenvalue weighted by Crippen LogP contribution is -2.51. The Kier molecular flexibility index (Phi) is 10.8. The quantitative estimate of drug-likeness (QED) is 0.0957. The van der Waals surface area contributed by atoms with Crippen molar-refractivity contribution in [3.63, 3.8) is 0 Å². The number of Topliss-reactive ketones (excluding diaryl/α,β-unsaturated/α-hetero) is 1. The third-order valence-corrected chi connectivity index (χ3v) is 12.7. The predicted octanol–water partition coefficient (Wildman–Crippen LogP) is 9.32. The zero-order valence-electron chi connectivity index (χ0n) is 28.3. The molecule has 0 aromatic carbocycles. The van der Waals surface area contributed by atoms with E-state index >= 15 is 0 Å². The number of nitrogens with one attached hydrogen (secondary N) is 1. The second-order valence-corrected chi connectivity index (χ2v) is 17.7. The Morgan fingerprint density at radius 1 is 1.07 bits per heavy atom. The Bertz CT molecular complexity index is 1000. The highest BCUT2D eigenvalue weighted by Crippen LogP contribution is 2.67. The van der Waals surface area contributed by atoms with Crippen LogP contribution in [-0.2, 0) is 14.3 Å². The first kappa shape index (κ1) is 34.1. The molecule has 3 fully saturated rings. The van der Waals surface area contributed by atoms with Crippen LogP contribution < -0.4 is 5.32 Å². The smallest absolute Gasteiger partial charge is 0.224 e. The van der Waals surface area contributed by atoms with Crippen molar-refractivity contribution in [2.75, 3.05) is 6.61 Å². The zero-order chi connectivity index (χ0) is 30.9. The standard InChI is InChI=1S/C37H63NO3S/c1-25(2)11-9-10-12-28-14-16-31-30-15-13-29-23-27(17-19-36(29,7)32(30)18-20-35(28,31)6)33(40)38-37(8,42)21-22-41-34(4,5)24-26(3)39/h13,25,27-28,30-32,42H,9-12,14-24H2,1-8H3,(H,38,40). The molecule has 1 amide bonds. The van der Waals surface area contributed by atoms with Crippen molar-refractivity contribution in [1.29, 1.82) is 0 Å². The molecule has 0 spiro atoms. The molecule has 0 radical (unpaired) electrons. The summed E-state index contributed by atoms with van der Waals surface area (Å²) in [6.45, 7) is 17.8. The molecule has 3 saturated carbocycles. The van der Waals surface area contributed by atoms with Gasteiger partial charge >= 0.3 is 0 Å². The largest absolute Gasteiger partial charge is 0.375 e.